The van der Waals surface area contributed by atoms with E-state index in [4.69, 9.17) is 0 Å². The first-order valence-corrected chi connectivity index (χ1v) is 7.71. The first-order valence-electron chi connectivity index (χ1n) is 6.72. The molecule has 3 rings (SSSR count). The van der Waals surface area contributed by atoms with Gasteiger partial charge in [0.15, 0.2) is 0 Å². The van der Waals surface area contributed by atoms with E-state index in [1.165, 1.54) is 29.7 Å². The number of anilines is 1. The quantitative estimate of drug-likeness (QED) is 0.853. The first kappa shape index (κ1) is 12.5. The molecule has 3 heteroatoms. The van der Waals surface area contributed by atoms with Crippen molar-refractivity contribution in [2.24, 2.45) is 0 Å². The molecule has 1 aromatic carbocycles. The fourth-order valence-electron chi connectivity index (χ4n) is 2.51. The van der Waals surface area contributed by atoms with Gasteiger partial charge in [0.25, 0.3) is 0 Å². The third kappa shape index (κ3) is 2.92. The van der Waals surface area contributed by atoms with Crippen molar-refractivity contribution in [1.82, 2.24) is 4.98 Å². The maximum Gasteiger partial charge on any atom is 0.125 e. The summed E-state index contributed by atoms with van der Waals surface area (Å²) in [6.45, 7) is 0. The number of benzene rings is 1. The van der Waals surface area contributed by atoms with Gasteiger partial charge in [-0.25, -0.2) is 4.98 Å². The number of thioether (sulfide) groups is 1. The lowest BCUT2D eigenvalue weighted by atomic mass is 10.1. The van der Waals surface area contributed by atoms with E-state index in [9.17, 15) is 0 Å². The van der Waals surface area contributed by atoms with E-state index in [0.29, 0.717) is 0 Å². The number of hydrogen-bond acceptors (Lipinski definition) is 3. The summed E-state index contributed by atoms with van der Waals surface area (Å²) in [4.78, 5) is 5.62. The van der Waals surface area contributed by atoms with E-state index in [1.807, 2.05) is 25.0 Å². The number of aromatic nitrogens is 1. The third-order valence-electron chi connectivity index (χ3n) is 3.56. The highest BCUT2D eigenvalue weighted by Crippen LogP contribution is 2.29. The zero-order valence-corrected chi connectivity index (χ0v) is 12.0. The summed E-state index contributed by atoms with van der Waals surface area (Å²) in [5.74, 6) is 1.93. The largest absolute Gasteiger partial charge is 0.373 e. The second kappa shape index (κ2) is 5.66. The molecule has 0 fully saturated rings. The van der Waals surface area contributed by atoms with E-state index in [-0.39, 0.29) is 0 Å². The van der Waals surface area contributed by atoms with Gasteiger partial charge < -0.3 is 5.32 Å². The highest BCUT2D eigenvalue weighted by molar-refractivity contribution is 7.98. The Hall–Kier alpha value is -1.48. The first-order chi connectivity index (χ1) is 9.35. The molecule has 98 valence electrons. The van der Waals surface area contributed by atoms with E-state index < -0.39 is 0 Å². The molecule has 1 aliphatic rings. The topological polar surface area (TPSA) is 24.9 Å². The van der Waals surface area contributed by atoms with Crippen molar-refractivity contribution in [3.63, 3.8) is 0 Å². The lowest BCUT2D eigenvalue weighted by Gasteiger charge is -2.06. The van der Waals surface area contributed by atoms with E-state index in [1.54, 1.807) is 11.1 Å². The lowest BCUT2D eigenvalue weighted by Crippen LogP contribution is -1.92. The van der Waals surface area contributed by atoms with Crippen LogP contribution in [0, 0.1) is 0 Å². The molecule has 0 aliphatic heterocycles. The van der Waals surface area contributed by atoms with Gasteiger partial charge in [0.1, 0.15) is 5.82 Å². The predicted octanol–water partition coefficient (Wildman–Crippen LogP) is 3.90. The van der Waals surface area contributed by atoms with Gasteiger partial charge in [0.2, 0.25) is 0 Å². The summed E-state index contributed by atoms with van der Waals surface area (Å²) in [6.07, 6.45) is 5.70. The Labute approximate surface area is 118 Å². The molecule has 0 saturated heterocycles. The van der Waals surface area contributed by atoms with Gasteiger partial charge in [0, 0.05) is 23.9 Å². The normalized spacial score (nSPS) is 13.3. The Morgan fingerprint density at radius 1 is 1.16 bits per heavy atom. The molecule has 0 saturated carbocycles. The van der Waals surface area contributed by atoms with Crippen LogP contribution in [0.2, 0.25) is 0 Å². The van der Waals surface area contributed by atoms with Crippen molar-refractivity contribution < 1.29 is 0 Å². The van der Waals surface area contributed by atoms with E-state index in [0.717, 1.165) is 11.6 Å². The van der Waals surface area contributed by atoms with Crippen LogP contribution in [0.4, 0.5) is 5.82 Å². The fourth-order valence-corrected chi connectivity index (χ4v) is 3.41. The van der Waals surface area contributed by atoms with Crippen molar-refractivity contribution in [2.75, 3.05) is 12.4 Å². The lowest BCUT2D eigenvalue weighted by molar-refractivity contribution is 0.911. The van der Waals surface area contributed by atoms with Gasteiger partial charge in [-0.3, -0.25) is 0 Å². The molecule has 19 heavy (non-hydrogen) atoms. The highest BCUT2D eigenvalue weighted by Gasteiger charge is 2.10. The maximum atomic E-state index is 4.24. The van der Waals surface area contributed by atoms with Gasteiger partial charge in [-0.15, -0.1) is 11.8 Å². The van der Waals surface area contributed by atoms with Crippen LogP contribution in [0.15, 0.2) is 41.4 Å². The second-order valence-corrected chi connectivity index (χ2v) is 5.92. The van der Waals surface area contributed by atoms with E-state index in [2.05, 4.69) is 40.6 Å². The van der Waals surface area contributed by atoms with Crippen LogP contribution in [-0.2, 0) is 18.6 Å². The van der Waals surface area contributed by atoms with Crippen LogP contribution >= 0.6 is 11.8 Å². The number of aryl methyl sites for hydroxylation is 2. The average Bonchev–Trinajstić information content (AvgIpc) is 2.93. The molecule has 0 bridgehead atoms. The molecule has 0 atom stereocenters. The molecule has 2 nitrogen and oxygen atoms in total. The van der Waals surface area contributed by atoms with E-state index >= 15 is 0 Å². The van der Waals surface area contributed by atoms with Crippen molar-refractivity contribution in [2.45, 2.75) is 29.9 Å². The van der Waals surface area contributed by atoms with Gasteiger partial charge in [0.05, 0.1) is 0 Å². The zero-order valence-electron chi connectivity index (χ0n) is 11.1. The van der Waals surface area contributed by atoms with Crippen LogP contribution in [-0.4, -0.2) is 12.0 Å². The van der Waals surface area contributed by atoms with Crippen molar-refractivity contribution in [3.8, 4) is 0 Å². The zero-order chi connectivity index (χ0) is 13.1. The molecular formula is C16H18N2S. The molecule has 1 N–H and O–H groups in total. The summed E-state index contributed by atoms with van der Waals surface area (Å²) in [5.41, 5.74) is 4.41. The summed E-state index contributed by atoms with van der Waals surface area (Å²) in [5, 5.41) is 3.08. The summed E-state index contributed by atoms with van der Waals surface area (Å²) < 4.78 is 0. The monoisotopic (exact) mass is 270 g/mol. The number of pyridine rings is 1. The Kier molecular flexibility index (Phi) is 3.74. The number of hydrogen-bond donors (Lipinski definition) is 1. The molecule has 1 aliphatic carbocycles. The minimum absolute atomic E-state index is 0.937. The van der Waals surface area contributed by atoms with Crippen LogP contribution in [0.5, 0.6) is 0 Å². The van der Waals surface area contributed by atoms with Crippen LogP contribution in [0.1, 0.15) is 23.1 Å². The molecule has 1 aromatic heterocycles. The smallest absolute Gasteiger partial charge is 0.125 e. The van der Waals surface area contributed by atoms with Crippen LogP contribution in [0.3, 0.4) is 0 Å². The minimum atomic E-state index is 0.937. The Morgan fingerprint density at radius 2 is 2.05 bits per heavy atom. The maximum absolute atomic E-state index is 4.24. The van der Waals surface area contributed by atoms with Crippen LogP contribution in [0.25, 0.3) is 0 Å². The number of rotatable bonds is 4. The molecule has 1 heterocycles. The molecule has 0 radical (unpaired) electrons. The van der Waals surface area contributed by atoms with Gasteiger partial charge >= 0.3 is 0 Å². The summed E-state index contributed by atoms with van der Waals surface area (Å²) in [6, 6.07) is 11.1. The fraction of sp³-hybridized carbons (Fsp3) is 0.312. The van der Waals surface area contributed by atoms with Crippen molar-refractivity contribution >= 4 is 17.6 Å². The van der Waals surface area contributed by atoms with Crippen LogP contribution < -0.4 is 5.32 Å². The highest BCUT2D eigenvalue weighted by atomic mass is 32.2. The summed E-state index contributed by atoms with van der Waals surface area (Å²) in [7, 11) is 1.90. The number of fused-ring (bicyclic) bond motifs is 1. The van der Waals surface area contributed by atoms with Gasteiger partial charge in [-0.2, -0.15) is 0 Å². The SMILES string of the molecule is CNc1cc(CSc2ccc3c(c2)CCC3)ccn1. The number of nitrogens with one attached hydrogen (secondary N) is 1. The Balaban J connectivity index is 1.68. The molecule has 0 spiro atoms. The van der Waals surface area contributed by atoms with Gasteiger partial charge in [-0.05, 0) is 60.2 Å². The average molecular weight is 270 g/mol. The summed E-state index contributed by atoms with van der Waals surface area (Å²) >= 11 is 1.90. The second-order valence-electron chi connectivity index (χ2n) is 4.87. The molecule has 0 amide bonds. The third-order valence-corrected chi connectivity index (χ3v) is 4.62. The molecule has 0 unspecified atom stereocenters. The van der Waals surface area contributed by atoms with Crippen molar-refractivity contribution in [3.05, 3.63) is 53.2 Å². The number of nitrogens with zero attached hydrogens (tertiary/aromatic N) is 1. The predicted molar refractivity (Wildman–Crippen MR) is 81.8 cm³/mol. The standard InChI is InChI=1S/C16H18N2S/c1-17-16-9-12(7-8-18-16)11-19-15-6-5-13-3-2-4-14(13)10-15/h5-10H,2-4,11H2,1H3,(H,17,18). The molecule has 2 aromatic rings. The van der Waals surface area contributed by atoms with Gasteiger partial charge in [-0.1, -0.05) is 6.07 Å². The molecular weight excluding hydrogens is 252 g/mol. The van der Waals surface area contributed by atoms with Crippen molar-refractivity contribution in [1.29, 1.82) is 0 Å². The Bertz CT molecular complexity index is 581. The Morgan fingerprint density at radius 3 is 2.95 bits per heavy atom. The minimum Gasteiger partial charge on any atom is -0.373 e.